The zero-order valence-electron chi connectivity index (χ0n) is 12.6. The Balaban J connectivity index is 1.79. The number of fused-ring (bicyclic) bond motifs is 1. The first-order valence-electron chi connectivity index (χ1n) is 7.67. The van der Waals surface area contributed by atoms with Crippen LogP contribution in [0.1, 0.15) is 43.7 Å². The van der Waals surface area contributed by atoms with Gasteiger partial charge < -0.3 is 14.2 Å². The molecule has 0 radical (unpaired) electrons. The summed E-state index contributed by atoms with van der Waals surface area (Å²) in [4.78, 5) is 0. The highest BCUT2D eigenvalue weighted by atomic mass is 16.5. The van der Waals surface area contributed by atoms with E-state index in [1.54, 1.807) is 7.11 Å². The van der Waals surface area contributed by atoms with Gasteiger partial charge in [0.05, 0.1) is 18.8 Å². The molecule has 1 saturated carbocycles. The lowest BCUT2D eigenvalue weighted by Crippen LogP contribution is -2.44. The van der Waals surface area contributed by atoms with E-state index in [1.165, 1.54) is 6.42 Å². The molecule has 21 heavy (non-hydrogen) atoms. The van der Waals surface area contributed by atoms with Crippen LogP contribution in [-0.2, 0) is 4.74 Å². The quantitative estimate of drug-likeness (QED) is 0.644. The Morgan fingerprint density at radius 3 is 2.62 bits per heavy atom. The summed E-state index contributed by atoms with van der Waals surface area (Å²) in [5, 5.41) is 0. The molecule has 5 nitrogen and oxygen atoms in total. The number of nitrogens with one attached hydrogen (secondary N) is 1. The van der Waals surface area contributed by atoms with Crippen LogP contribution in [0.15, 0.2) is 18.2 Å². The van der Waals surface area contributed by atoms with E-state index < -0.39 is 0 Å². The molecule has 3 N–H and O–H groups in total. The van der Waals surface area contributed by atoms with Gasteiger partial charge in [0.2, 0.25) is 0 Å². The molecule has 1 aliphatic heterocycles. The van der Waals surface area contributed by atoms with Crippen LogP contribution in [0.25, 0.3) is 0 Å². The second kappa shape index (κ2) is 6.22. The van der Waals surface area contributed by atoms with Crippen molar-refractivity contribution in [3.05, 3.63) is 23.8 Å². The highest BCUT2D eigenvalue weighted by molar-refractivity contribution is 5.44. The summed E-state index contributed by atoms with van der Waals surface area (Å²) >= 11 is 0. The van der Waals surface area contributed by atoms with Crippen LogP contribution in [0.2, 0.25) is 0 Å². The standard InChI is InChI=1S/C16H24N2O3/c1-19-16(6-2-7-16)11-13(18-17)12-4-5-14-15(10-12)21-9-3-8-20-14/h4-5,10,13,18H,2-3,6-9,11,17H2,1H3. The van der Waals surface area contributed by atoms with Crippen molar-refractivity contribution in [1.82, 2.24) is 5.43 Å². The Morgan fingerprint density at radius 1 is 1.24 bits per heavy atom. The largest absolute Gasteiger partial charge is 0.490 e. The molecular formula is C16H24N2O3. The van der Waals surface area contributed by atoms with Crippen molar-refractivity contribution in [3.63, 3.8) is 0 Å². The van der Waals surface area contributed by atoms with Gasteiger partial charge in [-0.05, 0) is 43.4 Å². The van der Waals surface area contributed by atoms with Gasteiger partial charge in [-0.1, -0.05) is 6.07 Å². The van der Waals surface area contributed by atoms with Gasteiger partial charge >= 0.3 is 0 Å². The summed E-state index contributed by atoms with van der Waals surface area (Å²) in [6, 6.07) is 6.12. The molecule has 0 spiro atoms. The average molecular weight is 292 g/mol. The SMILES string of the molecule is COC1(CC(NN)c2ccc3c(c2)OCCCO3)CCC1. The predicted octanol–water partition coefficient (Wildman–Crippen LogP) is 2.31. The molecule has 1 unspecified atom stereocenters. The molecular weight excluding hydrogens is 268 g/mol. The van der Waals surface area contributed by atoms with E-state index in [2.05, 4.69) is 11.5 Å². The summed E-state index contributed by atoms with van der Waals surface area (Å²) in [6.45, 7) is 1.40. The van der Waals surface area contributed by atoms with E-state index in [9.17, 15) is 0 Å². The third-order valence-electron chi connectivity index (χ3n) is 4.65. The minimum Gasteiger partial charge on any atom is -0.490 e. The average Bonchev–Trinajstić information content (AvgIpc) is 2.71. The lowest BCUT2D eigenvalue weighted by molar-refractivity contribution is -0.0838. The molecule has 3 rings (SSSR count). The van der Waals surface area contributed by atoms with Gasteiger partial charge in [-0.2, -0.15) is 0 Å². The molecule has 1 aromatic rings. The molecule has 0 bridgehead atoms. The molecule has 0 aromatic heterocycles. The number of methoxy groups -OCH3 is 1. The maximum Gasteiger partial charge on any atom is 0.161 e. The Labute approximate surface area is 125 Å². The van der Waals surface area contributed by atoms with Crippen molar-refractivity contribution < 1.29 is 14.2 Å². The summed E-state index contributed by atoms with van der Waals surface area (Å²) < 4.78 is 17.1. The zero-order chi connectivity index (χ0) is 14.7. The highest BCUT2D eigenvalue weighted by Gasteiger charge is 2.39. The summed E-state index contributed by atoms with van der Waals surface area (Å²) in [5.74, 6) is 7.40. The van der Waals surface area contributed by atoms with Crippen LogP contribution >= 0.6 is 0 Å². The molecule has 0 saturated heterocycles. The molecule has 1 aliphatic carbocycles. The smallest absolute Gasteiger partial charge is 0.161 e. The Morgan fingerprint density at radius 2 is 2.00 bits per heavy atom. The maximum absolute atomic E-state index is 5.77. The number of benzene rings is 1. The van der Waals surface area contributed by atoms with Gasteiger partial charge in [-0.15, -0.1) is 0 Å². The Kier molecular flexibility index (Phi) is 4.33. The van der Waals surface area contributed by atoms with Crippen molar-refractivity contribution >= 4 is 0 Å². The van der Waals surface area contributed by atoms with Crippen molar-refractivity contribution in [2.45, 2.75) is 43.7 Å². The van der Waals surface area contributed by atoms with Gasteiger partial charge in [0, 0.05) is 19.6 Å². The Hall–Kier alpha value is -1.30. The van der Waals surface area contributed by atoms with Crippen LogP contribution in [0.5, 0.6) is 11.5 Å². The van der Waals surface area contributed by atoms with Gasteiger partial charge in [0.15, 0.2) is 11.5 Å². The Bertz CT molecular complexity index is 483. The minimum atomic E-state index is -0.0266. The van der Waals surface area contributed by atoms with Gasteiger partial charge in [0.1, 0.15) is 0 Å². The molecule has 2 aliphatic rings. The third kappa shape index (κ3) is 3.00. The predicted molar refractivity (Wildman–Crippen MR) is 80.3 cm³/mol. The van der Waals surface area contributed by atoms with E-state index in [4.69, 9.17) is 20.1 Å². The molecule has 0 amide bonds. The number of hydrogen-bond donors (Lipinski definition) is 2. The van der Waals surface area contributed by atoms with Crippen LogP contribution in [0.4, 0.5) is 0 Å². The monoisotopic (exact) mass is 292 g/mol. The summed E-state index contributed by atoms with van der Waals surface area (Å²) in [7, 11) is 1.79. The van der Waals surface area contributed by atoms with Crippen LogP contribution in [0, 0.1) is 0 Å². The second-order valence-corrected chi connectivity index (χ2v) is 5.92. The van der Waals surface area contributed by atoms with Gasteiger partial charge in [-0.25, -0.2) is 0 Å². The fourth-order valence-electron chi connectivity index (χ4n) is 3.10. The van der Waals surface area contributed by atoms with Gasteiger partial charge in [0.25, 0.3) is 0 Å². The van der Waals surface area contributed by atoms with Crippen molar-refractivity contribution in [1.29, 1.82) is 0 Å². The van der Waals surface area contributed by atoms with E-state index in [0.717, 1.165) is 42.7 Å². The van der Waals surface area contributed by atoms with E-state index in [0.29, 0.717) is 13.2 Å². The topological polar surface area (TPSA) is 65.7 Å². The first-order chi connectivity index (χ1) is 10.3. The third-order valence-corrected chi connectivity index (χ3v) is 4.65. The fraction of sp³-hybridized carbons (Fsp3) is 0.625. The molecule has 1 atom stereocenters. The van der Waals surface area contributed by atoms with Crippen LogP contribution < -0.4 is 20.7 Å². The van der Waals surface area contributed by atoms with Crippen molar-refractivity contribution in [2.75, 3.05) is 20.3 Å². The molecule has 1 aromatic carbocycles. The number of ether oxygens (including phenoxy) is 3. The molecule has 1 heterocycles. The van der Waals surface area contributed by atoms with Crippen LogP contribution in [0.3, 0.4) is 0 Å². The normalized spacial score (nSPS) is 21.2. The van der Waals surface area contributed by atoms with E-state index in [-0.39, 0.29) is 11.6 Å². The van der Waals surface area contributed by atoms with Crippen molar-refractivity contribution in [2.24, 2.45) is 5.84 Å². The number of nitrogens with two attached hydrogens (primary N) is 1. The lowest BCUT2D eigenvalue weighted by atomic mass is 9.75. The lowest BCUT2D eigenvalue weighted by Gasteiger charge is -2.42. The number of rotatable bonds is 5. The van der Waals surface area contributed by atoms with Gasteiger partial charge in [-0.3, -0.25) is 11.3 Å². The number of hydrogen-bond acceptors (Lipinski definition) is 5. The van der Waals surface area contributed by atoms with Crippen molar-refractivity contribution in [3.8, 4) is 11.5 Å². The molecule has 116 valence electrons. The zero-order valence-corrected chi connectivity index (χ0v) is 12.6. The maximum atomic E-state index is 5.77. The summed E-state index contributed by atoms with van der Waals surface area (Å²) in [5.41, 5.74) is 4.01. The van der Waals surface area contributed by atoms with E-state index >= 15 is 0 Å². The molecule has 1 fully saturated rings. The van der Waals surface area contributed by atoms with Crippen LogP contribution in [-0.4, -0.2) is 25.9 Å². The minimum absolute atomic E-state index is 0.0266. The number of hydrazine groups is 1. The first kappa shape index (κ1) is 14.6. The highest BCUT2D eigenvalue weighted by Crippen LogP contribution is 2.42. The fourth-order valence-corrected chi connectivity index (χ4v) is 3.10. The first-order valence-corrected chi connectivity index (χ1v) is 7.67. The summed E-state index contributed by atoms with van der Waals surface area (Å²) in [6.07, 6.45) is 5.22. The van der Waals surface area contributed by atoms with E-state index in [1.807, 2.05) is 12.1 Å². The second-order valence-electron chi connectivity index (χ2n) is 5.92. The molecule has 5 heteroatoms.